The van der Waals surface area contributed by atoms with Gasteiger partial charge in [0.25, 0.3) is 5.91 Å². The largest absolute Gasteiger partial charge is 0.503 e. The Kier molecular flexibility index (Phi) is 4.16. The average Bonchev–Trinajstić information content (AvgIpc) is 2.90. The third kappa shape index (κ3) is 2.61. The lowest BCUT2D eigenvalue weighted by Crippen LogP contribution is -2.25. The summed E-state index contributed by atoms with van der Waals surface area (Å²) in [6, 6.07) is 7.24. The molecule has 1 aromatic heterocycles. The summed E-state index contributed by atoms with van der Waals surface area (Å²) in [7, 11) is 3.01. The Balaban J connectivity index is 2.02. The molecular weight excluding hydrogens is 438 g/mol. The Morgan fingerprint density at radius 1 is 1.26 bits per heavy atom. The Morgan fingerprint density at radius 2 is 2.00 bits per heavy atom. The van der Waals surface area contributed by atoms with Crippen LogP contribution < -0.4 is 10.2 Å². The zero-order valence-electron chi connectivity index (χ0n) is 14.2. The third-order valence-electron chi connectivity index (χ3n) is 4.65. The van der Waals surface area contributed by atoms with E-state index >= 15 is 0 Å². The first kappa shape index (κ1) is 17.9. The van der Waals surface area contributed by atoms with Crippen molar-refractivity contribution in [1.29, 1.82) is 0 Å². The van der Waals surface area contributed by atoms with Crippen molar-refractivity contribution in [2.75, 3.05) is 14.2 Å². The molecule has 2 aromatic carbocycles. The second-order valence-corrected chi connectivity index (χ2v) is 7.48. The Labute approximate surface area is 167 Å². The number of hydrogen-bond acceptors (Lipinski definition) is 5. The molecule has 1 aliphatic heterocycles. The van der Waals surface area contributed by atoms with Gasteiger partial charge < -0.3 is 19.2 Å². The number of nitrogens with zero attached hydrogens (tertiary/aromatic N) is 1. The molecule has 27 heavy (non-hydrogen) atoms. The maximum absolute atomic E-state index is 13.2. The molecule has 2 heterocycles. The van der Waals surface area contributed by atoms with Crippen LogP contribution in [0.1, 0.15) is 27.7 Å². The van der Waals surface area contributed by atoms with Crippen LogP contribution in [0.3, 0.4) is 0 Å². The minimum absolute atomic E-state index is 0.00508. The molecule has 0 spiro atoms. The summed E-state index contributed by atoms with van der Waals surface area (Å²) >= 11 is 9.30. The number of benzene rings is 2. The van der Waals surface area contributed by atoms with Crippen LogP contribution in [-0.4, -0.2) is 30.1 Å². The number of phenols is 1. The first-order valence-electron chi connectivity index (χ1n) is 7.93. The predicted octanol–water partition coefficient (Wildman–Crippen LogP) is 4.10. The zero-order chi connectivity index (χ0) is 19.5. The lowest BCUT2D eigenvalue weighted by molar-refractivity contribution is 0.0771. The number of rotatable bonds is 2. The van der Waals surface area contributed by atoms with Crippen molar-refractivity contribution < 1.29 is 19.1 Å². The highest BCUT2D eigenvalue weighted by molar-refractivity contribution is 9.10. The number of carbonyl (C=O) groups excluding carboxylic acids is 1. The van der Waals surface area contributed by atoms with Gasteiger partial charge in [-0.1, -0.05) is 11.6 Å². The highest BCUT2D eigenvalue weighted by atomic mass is 79.9. The number of ether oxygens (including phenoxy) is 1. The van der Waals surface area contributed by atoms with E-state index in [1.807, 2.05) is 0 Å². The van der Waals surface area contributed by atoms with Gasteiger partial charge in [0.2, 0.25) is 5.76 Å². The van der Waals surface area contributed by atoms with Crippen LogP contribution in [0.2, 0.25) is 5.02 Å². The van der Waals surface area contributed by atoms with E-state index in [1.165, 1.54) is 18.1 Å². The number of methoxy groups -OCH3 is 1. The summed E-state index contributed by atoms with van der Waals surface area (Å²) in [4.78, 5) is 27.3. The molecule has 0 saturated carbocycles. The molecule has 1 N–H and O–H groups in total. The van der Waals surface area contributed by atoms with E-state index in [1.54, 1.807) is 31.3 Å². The summed E-state index contributed by atoms with van der Waals surface area (Å²) in [5.74, 6) is -0.231. The molecule has 1 atom stereocenters. The number of hydrogen-bond donors (Lipinski definition) is 1. The van der Waals surface area contributed by atoms with Crippen molar-refractivity contribution in [2.45, 2.75) is 6.04 Å². The van der Waals surface area contributed by atoms with Crippen molar-refractivity contribution >= 4 is 44.4 Å². The lowest BCUT2D eigenvalue weighted by atomic mass is 9.98. The summed E-state index contributed by atoms with van der Waals surface area (Å²) < 4.78 is 11.3. The normalized spacial score (nSPS) is 16.1. The van der Waals surface area contributed by atoms with Crippen LogP contribution >= 0.6 is 27.5 Å². The molecule has 0 bridgehead atoms. The first-order valence-corrected chi connectivity index (χ1v) is 9.10. The number of amides is 1. The molecule has 1 unspecified atom stereocenters. The number of carbonyl (C=O) groups is 1. The first-order chi connectivity index (χ1) is 12.8. The molecule has 8 heteroatoms. The number of aromatic hydroxyl groups is 1. The van der Waals surface area contributed by atoms with Gasteiger partial charge in [-0.25, -0.2) is 0 Å². The molecule has 6 nitrogen and oxygen atoms in total. The van der Waals surface area contributed by atoms with Gasteiger partial charge in [-0.15, -0.1) is 0 Å². The fourth-order valence-electron chi connectivity index (χ4n) is 3.36. The minimum Gasteiger partial charge on any atom is -0.503 e. The van der Waals surface area contributed by atoms with Crippen molar-refractivity contribution in [2.24, 2.45) is 0 Å². The van der Waals surface area contributed by atoms with Crippen LogP contribution in [-0.2, 0) is 0 Å². The molecule has 1 aliphatic rings. The molecule has 0 saturated heterocycles. The highest BCUT2D eigenvalue weighted by Gasteiger charge is 2.41. The quantitative estimate of drug-likeness (QED) is 0.636. The van der Waals surface area contributed by atoms with Gasteiger partial charge in [0.15, 0.2) is 16.9 Å². The van der Waals surface area contributed by atoms with Crippen LogP contribution in [0.4, 0.5) is 0 Å². The molecule has 1 amide bonds. The van der Waals surface area contributed by atoms with E-state index in [-0.39, 0.29) is 28.3 Å². The van der Waals surface area contributed by atoms with E-state index in [0.717, 1.165) is 0 Å². The van der Waals surface area contributed by atoms with Gasteiger partial charge in [-0.05, 0) is 51.8 Å². The average molecular weight is 451 g/mol. The van der Waals surface area contributed by atoms with E-state index in [4.69, 9.17) is 20.8 Å². The molecular formula is C19H13BrClNO5. The summed E-state index contributed by atoms with van der Waals surface area (Å²) in [5, 5.41) is 10.8. The Bertz CT molecular complexity index is 1170. The van der Waals surface area contributed by atoms with Crippen LogP contribution in [0.25, 0.3) is 11.0 Å². The SMILES string of the molecule is COc1cc(C2c3c(oc4ccc(Cl)cc4c3=O)C(=O)N2C)cc(Br)c1O. The highest BCUT2D eigenvalue weighted by Crippen LogP contribution is 2.42. The topological polar surface area (TPSA) is 80.0 Å². The van der Waals surface area contributed by atoms with E-state index in [9.17, 15) is 14.7 Å². The maximum Gasteiger partial charge on any atom is 0.290 e. The summed E-state index contributed by atoms with van der Waals surface area (Å²) in [6.45, 7) is 0. The van der Waals surface area contributed by atoms with Gasteiger partial charge in [-0.3, -0.25) is 9.59 Å². The molecule has 0 fully saturated rings. The van der Waals surface area contributed by atoms with Gasteiger partial charge >= 0.3 is 0 Å². The number of fused-ring (bicyclic) bond motifs is 2. The van der Waals surface area contributed by atoms with E-state index in [2.05, 4.69) is 15.9 Å². The van der Waals surface area contributed by atoms with Gasteiger partial charge in [0.05, 0.1) is 28.6 Å². The van der Waals surface area contributed by atoms with Gasteiger partial charge in [-0.2, -0.15) is 0 Å². The Morgan fingerprint density at radius 3 is 2.70 bits per heavy atom. The van der Waals surface area contributed by atoms with Crippen molar-refractivity contribution in [3.63, 3.8) is 0 Å². The van der Waals surface area contributed by atoms with Crippen LogP contribution in [0, 0.1) is 0 Å². The van der Waals surface area contributed by atoms with Crippen molar-refractivity contribution in [1.82, 2.24) is 4.90 Å². The minimum atomic E-state index is -0.682. The molecule has 0 radical (unpaired) electrons. The number of phenolic OH excluding ortho intramolecular Hbond substituents is 1. The zero-order valence-corrected chi connectivity index (χ0v) is 16.6. The Hall–Kier alpha value is -2.51. The second kappa shape index (κ2) is 6.28. The second-order valence-electron chi connectivity index (χ2n) is 6.19. The van der Waals surface area contributed by atoms with Crippen molar-refractivity contribution in [3.8, 4) is 11.5 Å². The fourth-order valence-corrected chi connectivity index (χ4v) is 3.99. The molecule has 138 valence electrons. The fraction of sp³-hybridized carbons (Fsp3) is 0.158. The lowest BCUT2D eigenvalue weighted by Gasteiger charge is -2.21. The van der Waals surface area contributed by atoms with Gasteiger partial charge in [0.1, 0.15) is 5.58 Å². The standard InChI is InChI=1S/C19H13BrClNO5/c1-22-15(8-5-11(20)17(24)13(6-8)26-2)14-16(23)10-7-9(21)3-4-12(10)27-18(14)19(22)25/h3-7,15,24H,1-2H3. The number of halogens is 2. The van der Waals surface area contributed by atoms with E-state index < -0.39 is 11.9 Å². The van der Waals surface area contributed by atoms with Crippen LogP contribution in [0.15, 0.2) is 44.0 Å². The predicted molar refractivity (Wildman–Crippen MR) is 104 cm³/mol. The molecule has 0 aliphatic carbocycles. The van der Waals surface area contributed by atoms with Crippen LogP contribution in [0.5, 0.6) is 11.5 Å². The maximum atomic E-state index is 13.2. The third-order valence-corrected chi connectivity index (χ3v) is 5.49. The van der Waals surface area contributed by atoms with E-state index in [0.29, 0.717) is 26.0 Å². The van der Waals surface area contributed by atoms with Crippen molar-refractivity contribution in [3.05, 3.63) is 66.9 Å². The monoisotopic (exact) mass is 449 g/mol. The summed E-state index contributed by atoms with van der Waals surface area (Å²) in [5.41, 5.74) is 0.811. The molecule has 3 aromatic rings. The summed E-state index contributed by atoms with van der Waals surface area (Å²) in [6.07, 6.45) is 0. The smallest absolute Gasteiger partial charge is 0.290 e. The van der Waals surface area contributed by atoms with Gasteiger partial charge in [0, 0.05) is 12.1 Å². The molecule has 4 rings (SSSR count).